The first-order valence-corrected chi connectivity index (χ1v) is 5.11. The SMILES string of the molecule is COC(=O)c1cc([N+](=O)[O-])c(Br)cc1C(F)(F)F. The van der Waals surface area contributed by atoms with Crippen LogP contribution < -0.4 is 0 Å². The lowest BCUT2D eigenvalue weighted by atomic mass is 10.1. The molecule has 0 radical (unpaired) electrons. The summed E-state index contributed by atoms with van der Waals surface area (Å²) in [4.78, 5) is 20.9. The Kier molecular flexibility index (Phi) is 3.95. The van der Waals surface area contributed by atoms with E-state index in [0.717, 1.165) is 7.11 Å². The summed E-state index contributed by atoms with van der Waals surface area (Å²) < 4.78 is 41.8. The van der Waals surface area contributed by atoms with Crippen LogP contribution in [-0.4, -0.2) is 18.0 Å². The van der Waals surface area contributed by atoms with Crippen LogP contribution in [0.15, 0.2) is 16.6 Å². The monoisotopic (exact) mass is 327 g/mol. The molecule has 0 spiro atoms. The predicted molar refractivity (Wildman–Crippen MR) is 57.1 cm³/mol. The van der Waals surface area contributed by atoms with E-state index in [2.05, 4.69) is 20.7 Å². The number of methoxy groups -OCH3 is 1. The maximum atomic E-state index is 12.7. The lowest BCUT2D eigenvalue weighted by Crippen LogP contribution is -2.15. The molecule has 18 heavy (non-hydrogen) atoms. The highest BCUT2D eigenvalue weighted by Gasteiger charge is 2.37. The minimum Gasteiger partial charge on any atom is -0.465 e. The van der Waals surface area contributed by atoms with E-state index in [1.807, 2.05) is 0 Å². The van der Waals surface area contributed by atoms with Crippen LogP contribution in [0.3, 0.4) is 0 Å². The van der Waals surface area contributed by atoms with Gasteiger partial charge in [-0.15, -0.1) is 0 Å². The highest BCUT2D eigenvalue weighted by atomic mass is 79.9. The normalized spacial score (nSPS) is 11.2. The topological polar surface area (TPSA) is 69.4 Å². The maximum absolute atomic E-state index is 12.7. The fraction of sp³-hybridized carbons (Fsp3) is 0.222. The summed E-state index contributed by atoms with van der Waals surface area (Å²) in [6.45, 7) is 0. The number of rotatable bonds is 2. The Morgan fingerprint density at radius 1 is 1.44 bits per heavy atom. The number of halogens is 4. The first-order chi connectivity index (χ1) is 8.18. The van der Waals surface area contributed by atoms with E-state index in [0.29, 0.717) is 12.1 Å². The Labute approximate surface area is 107 Å². The van der Waals surface area contributed by atoms with Crippen LogP contribution >= 0.6 is 15.9 Å². The van der Waals surface area contributed by atoms with Crippen LogP contribution in [0, 0.1) is 10.1 Å². The summed E-state index contributed by atoms with van der Waals surface area (Å²) >= 11 is 2.65. The molecule has 1 aromatic rings. The molecule has 0 aromatic heterocycles. The van der Waals surface area contributed by atoms with Gasteiger partial charge >= 0.3 is 12.1 Å². The highest BCUT2D eigenvalue weighted by molar-refractivity contribution is 9.10. The molecule has 1 aromatic carbocycles. The number of carbonyl (C=O) groups is 1. The first-order valence-electron chi connectivity index (χ1n) is 4.32. The predicted octanol–water partition coefficient (Wildman–Crippen LogP) is 3.16. The Morgan fingerprint density at radius 2 is 2.00 bits per heavy atom. The van der Waals surface area contributed by atoms with Gasteiger partial charge in [0, 0.05) is 6.07 Å². The molecule has 98 valence electrons. The summed E-state index contributed by atoms with van der Waals surface area (Å²) in [5.41, 5.74) is -2.85. The van der Waals surface area contributed by atoms with Crippen molar-refractivity contribution in [3.8, 4) is 0 Å². The molecule has 0 unspecified atom stereocenters. The third kappa shape index (κ3) is 2.78. The summed E-state index contributed by atoms with van der Waals surface area (Å²) in [7, 11) is 0.885. The van der Waals surface area contributed by atoms with Crippen molar-refractivity contribution in [1.29, 1.82) is 0 Å². The molecule has 0 N–H and O–H groups in total. The molecule has 5 nitrogen and oxygen atoms in total. The van der Waals surface area contributed by atoms with Crippen molar-refractivity contribution in [2.45, 2.75) is 6.18 Å². The quantitative estimate of drug-likeness (QED) is 0.475. The largest absolute Gasteiger partial charge is 0.465 e. The van der Waals surface area contributed by atoms with Crippen molar-refractivity contribution in [1.82, 2.24) is 0 Å². The van der Waals surface area contributed by atoms with Crippen molar-refractivity contribution in [2.24, 2.45) is 0 Å². The van der Waals surface area contributed by atoms with E-state index in [-0.39, 0.29) is 4.47 Å². The number of esters is 1. The van der Waals surface area contributed by atoms with E-state index >= 15 is 0 Å². The lowest BCUT2D eigenvalue weighted by molar-refractivity contribution is -0.385. The lowest BCUT2D eigenvalue weighted by Gasteiger charge is -2.11. The molecule has 1 rings (SSSR count). The average Bonchev–Trinajstić information content (AvgIpc) is 2.26. The van der Waals surface area contributed by atoms with Gasteiger partial charge in [0.25, 0.3) is 5.69 Å². The Morgan fingerprint density at radius 3 is 2.39 bits per heavy atom. The number of nitro benzene ring substituents is 1. The van der Waals surface area contributed by atoms with Gasteiger partial charge in [0.05, 0.1) is 27.6 Å². The summed E-state index contributed by atoms with van der Waals surface area (Å²) in [6, 6.07) is 1.00. The molecule has 0 aliphatic heterocycles. The number of ether oxygens (including phenoxy) is 1. The molecule has 9 heteroatoms. The number of nitro groups is 1. The minimum absolute atomic E-state index is 0.368. The summed E-state index contributed by atoms with van der Waals surface area (Å²) in [6.07, 6.45) is -4.82. The van der Waals surface area contributed by atoms with Gasteiger partial charge in [-0.1, -0.05) is 0 Å². The molecule has 0 aliphatic rings. The van der Waals surface area contributed by atoms with Crippen LogP contribution in [0.4, 0.5) is 18.9 Å². The van der Waals surface area contributed by atoms with Gasteiger partial charge in [-0.05, 0) is 22.0 Å². The van der Waals surface area contributed by atoms with Gasteiger partial charge < -0.3 is 4.74 Å². The zero-order chi connectivity index (χ0) is 14.1. The number of carbonyl (C=O) groups excluding carboxylic acids is 1. The van der Waals surface area contributed by atoms with Crippen LogP contribution in [0.1, 0.15) is 15.9 Å². The Balaban J connectivity index is 3.57. The molecule has 0 bridgehead atoms. The fourth-order valence-electron chi connectivity index (χ4n) is 1.22. The van der Waals surface area contributed by atoms with Gasteiger partial charge in [0.2, 0.25) is 0 Å². The van der Waals surface area contributed by atoms with Gasteiger partial charge in [-0.25, -0.2) is 4.79 Å². The third-order valence-electron chi connectivity index (χ3n) is 1.99. The van der Waals surface area contributed by atoms with Crippen molar-refractivity contribution in [3.05, 3.63) is 37.8 Å². The van der Waals surface area contributed by atoms with Crippen LogP contribution in [-0.2, 0) is 10.9 Å². The molecular formula is C9H5BrF3NO4. The van der Waals surface area contributed by atoms with E-state index < -0.39 is 33.9 Å². The number of nitrogens with zero attached hydrogens (tertiary/aromatic N) is 1. The smallest absolute Gasteiger partial charge is 0.417 e. The van der Waals surface area contributed by atoms with Crippen molar-refractivity contribution < 1.29 is 27.6 Å². The zero-order valence-electron chi connectivity index (χ0n) is 8.75. The first kappa shape index (κ1) is 14.4. The van der Waals surface area contributed by atoms with Crippen molar-refractivity contribution in [3.63, 3.8) is 0 Å². The molecular weight excluding hydrogens is 323 g/mol. The van der Waals surface area contributed by atoms with Gasteiger partial charge in [0.15, 0.2) is 0 Å². The Bertz CT molecular complexity index is 515. The van der Waals surface area contributed by atoms with E-state index in [4.69, 9.17) is 0 Å². The number of alkyl halides is 3. The van der Waals surface area contributed by atoms with Crippen LogP contribution in [0.25, 0.3) is 0 Å². The van der Waals surface area contributed by atoms with E-state index in [1.54, 1.807) is 0 Å². The summed E-state index contributed by atoms with van der Waals surface area (Å²) in [5, 5.41) is 10.6. The Hall–Kier alpha value is -1.64. The van der Waals surface area contributed by atoms with Crippen molar-refractivity contribution >= 4 is 27.6 Å². The standard InChI is InChI=1S/C9H5BrF3NO4/c1-18-8(15)4-2-7(14(16)17)6(10)3-5(4)9(11,12)13/h2-3H,1H3. The highest BCUT2D eigenvalue weighted by Crippen LogP contribution is 2.37. The molecule has 0 saturated heterocycles. The molecule has 0 aliphatic carbocycles. The fourth-order valence-corrected chi connectivity index (χ4v) is 1.70. The van der Waals surface area contributed by atoms with Gasteiger partial charge in [0.1, 0.15) is 0 Å². The van der Waals surface area contributed by atoms with Gasteiger partial charge in [-0.2, -0.15) is 13.2 Å². The second kappa shape index (κ2) is 4.92. The third-order valence-corrected chi connectivity index (χ3v) is 2.63. The van der Waals surface area contributed by atoms with Gasteiger partial charge in [-0.3, -0.25) is 10.1 Å². The van der Waals surface area contributed by atoms with E-state index in [9.17, 15) is 28.1 Å². The van der Waals surface area contributed by atoms with E-state index in [1.165, 1.54) is 0 Å². The number of hydrogen-bond acceptors (Lipinski definition) is 4. The number of hydrogen-bond donors (Lipinski definition) is 0. The van der Waals surface area contributed by atoms with Crippen molar-refractivity contribution in [2.75, 3.05) is 7.11 Å². The summed E-state index contributed by atoms with van der Waals surface area (Å²) in [5.74, 6) is -1.29. The minimum atomic E-state index is -4.82. The average molecular weight is 328 g/mol. The van der Waals surface area contributed by atoms with Crippen LogP contribution in [0.5, 0.6) is 0 Å². The van der Waals surface area contributed by atoms with Crippen LogP contribution in [0.2, 0.25) is 0 Å². The molecule has 0 atom stereocenters. The second-order valence-corrected chi connectivity index (χ2v) is 3.95. The second-order valence-electron chi connectivity index (χ2n) is 3.10. The molecule has 0 amide bonds. The molecule has 0 saturated carbocycles. The molecule has 0 fully saturated rings. The maximum Gasteiger partial charge on any atom is 0.417 e. The number of benzene rings is 1. The zero-order valence-corrected chi connectivity index (χ0v) is 10.3. The molecule has 0 heterocycles.